The van der Waals surface area contributed by atoms with Gasteiger partial charge in [0.2, 0.25) is 0 Å². The van der Waals surface area contributed by atoms with Crippen LogP contribution in [0.3, 0.4) is 0 Å². The first kappa shape index (κ1) is 18.4. The fourth-order valence-corrected chi connectivity index (χ4v) is 3.96. The highest BCUT2D eigenvalue weighted by molar-refractivity contribution is 6.36. The number of rotatable bonds is 4. The molecule has 0 unspecified atom stereocenters. The van der Waals surface area contributed by atoms with Crippen molar-refractivity contribution in [1.29, 1.82) is 5.26 Å². The zero-order valence-electron chi connectivity index (χ0n) is 13.8. The Morgan fingerprint density at radius 2 is 1.88 bits per heavy atom. The topological polar surface area (TPSA) is 30.3 Å². The zero-order valence-corrected chi connectivity index (χ0v) is 16.1. The highest BCUT2D eigenvalue weighted by atomic mass is 35.5. The van der Waals surface area contributed by atoms with Gasteiger partial charge in [0.1, 0.15) is 6.07 Å². The lowest BCUT2D eigenvalue weighted by molar-refractivity contribution is 0.407. The van der Waals surface area contributed by atoms with E-state index in [4.69, 9.17) is 40.1 Å². The molecule has 0 spiro atoms. The molecule has 1 saturated heterocycles. The Labute approximate surface area is 163 Å². The van der Waals surface area contributed by atoms with Gasteiger partial charge in [-0.1, -0.05) is 40.9 Å². The minimum atomic E-state index is 0.335. The Hall–Kier alpha value is -1.44. The van der Waals surface area contributed by atoms with Crippen LogP contribution in [0.4, 0.5) is 5.69 Å². The van der Waals surface area contributed by atoms with Crippen molar-refractivity contribution in [3.63, 3.8) is 0 Å². The number of benzene rings is 2. The van der Waals surface area contributed by atoms with Gasteiger partial charge in [-0.3, -0.25) is 0 Å². The van der Waals surface area contributed by atoms with Gasteiger partial charge in [-0.05, 0) is 50.3 Å². The van der Waals surface area contributed by atoms with Crippen LogP contribution in [0.25, 0.3) is 0 Å². The summed E-state index contributed by atoms with van der Waals surface area (Å²) in [5.74, 6) is 0. The third-order valence-electron chi connectivity index (χ3n) is 4.60. The Kier molecular flexibility index (Phi) is 5.76. The summed E-state index contributed by atoms with van der Waals surface area (Å²) in [6.07, 6.45) is 1.05. The second-order valence-corrected chi connectivity index (χ2v) is 7.53. The molecule has 2 aromatic carbocycles. The number of hydrogen-bond acceptors (Lipinski definition) is 3. The Morgan fingerprint density at radius 3 is 2.44 bits per heavy atom. The number of likely N-dealkylation sites (N-methyl/N-ethyl adjacent to an activating group) is 1. The van der Waals surface area contributed by atoms with Crippen LogP contribution in [-0.4, -0.2) is 31.1 Å². The predicted octanol–water partition coefficient (Wildman–Crippen LogP) is 5.23. The maximum Gasteiger partial charge on any atom is 0.101 e. The quantitative estimate of drug-likeness (QED) is 0.711. The van der Waals surface area contributed by atoms with Gasteiger partial charge in [0.25, 0.3) is 0 Å². The highest BCUT2D eigenvalue weighted by Crippen LogP contribution is 2.32. The SMILES string of the molecule is CN1CC[C@H](N(Cc2c(Cl)cccc2Cl)c2ccc(C#N)c(Cl)c2)C1. The minimum Gasteiger partial charge on any atom is -0.363 e. The third-order valence-corrected chi connectivity index (χ3v) is 5.62. The van der Waals surface area contributed by atoms with Gasteiger partial charge in [-0.25, -0.2) is 0 Å². The first-order chi connectivity index (χ1) is 12.0. The normalized spacial score (nSPS) is 17.5. The van der Waals surface area contributed by atoms with E-state index in [0.29, 0.717) is 33.2 Å². The predicted molar refractivity (Wildman–Crippen MR) is 105 cm³/mol. The fraction of sp³-hybridized carbons (Fsp3) is 0.316. The monoisotopic (exact) mass is 393 g/mol. The molecule has 0 amide bonds. The van der Waals surface area contributed by atoms with Crippen LogP contribution in [0.15, 0.2) is 36.4 Å². The molecule has 0 bridgehead atoms. The smallest absolute Gasteiger partial charge is 0.101 e. The summed E-state index contributed by atoms with van der Waals surface area (Å²) in [5.41, 5.74) is 2.35. The van der Waals surface area contributed by atoms with Crippen LogP contribution < -0.4 is 4.90 Å². The summed E-state index contributed by atoms with van der Waals surface area (Å²) in [5, 5.41) is 10.9. The Bertz CT molecular complexity index is 796. The van der Waals surface area contributed by atoms with Gasteiger partial charge < -0.3 is 9.80 Å². The number of likely N-dealkylation sites (tertiary alicyclic amines) is 1. The number of hydrogen-bond donors (Lipinski definition) is 0. The summed E-state index contributed by atoms with van der Waals surface area (Å²) in [7, 11) is 2.12. The van der Waals surface area contributed by atoms with Crippen molar-refractivity contribution in [3.8, 4) is 6.07 Å². The molecule has 0 aromatic heterocycles. The van der Waals surface area contributed by atoms with E-state index >= 15 is 0 Å². The summed E-state index contributed by atoms with van der Waals surface area (Å²) in [4.78, 5) is 4.58. The first-order valence-electron chi connectivity index (χ1n) is 8.07. The summed E-state index contributed by atoms with van der Waals surface area (Å²) >= 11 is 19.0. The lowest BCUT2D eigenvalue weighted by Crippen LogP contribution is -2.37. The molecule has 0 saturated carbocycles. The van der Waals surface area contributed by atoms with E-state index in [-0.39, 0.29) is 0 Å². The van der Waals surface area contributed by atoms with E-state index in [0.717, 1.165) is 30.8 Å². The minimum absolute atomic E-state index is 0.335. The van der Waals surface area contributed by atoms with E-state index in [1.807, 2.05) is 30.3 Å². The van der Waals surface area contributed by atoms with E-state index in [1.54, 1.807) is 6.07 Å². The standard InChI is InChI=1S/C19H18Cl3N3/c1-24-8-7-15(11-24)25(12-16-17(20)3-2-4-18(16)21)14-6-5-13(10-23)19(22)9-14/h2-6,9,15H,7-8,11-12H2,1H3/t15-/m0/s1. The molecule has 1 fully saturated rings. The van der Waals surface area contributed by atoms with E-state index in [2.05, 4.69) is 22.9 Å². The van der Waals surface area contributed by atoms with Gasteiger partial charge in [-0.15, -0.1) is 0 Å². The van der Waals surface area contributed by atoms with Gasteiger partial charge in [-0.2, -0.15) is 5.26 Å². The van der Waals surface area contributed by atoms with Crippen LogP contribution in [-0.2, 0) is 6.54 Å². The third kappa shape index (κ3) is 4.04. The molecule has 1 aliphatic rings. The first-order valence-corrected chi connectivity index (χ1v) is 9.20. The molecule has 0 radical (unpaired) electrons. The van der Waals surface area contributed by atoms with Crippen molar-refractivity contribution in [3.05, 3.63) is 62.6 Å². The molecule has 0 N–H and O–H groups in total. The van der Waals surface area contributed by atoms with Crippen LogP contribution in [0.1, 0.15) is 17.5 Å². The van der Waals surface area contributed by atoms with Crippen LogP contribution in [0.5, 0.6) is 0 Å². The fourth-order valence-electron chi connectivity index (χ4n) is 3.22. The van der Waals surface area contributed by atoms with Gasteiger partial charge in [0.15, 0.2) is 0 Å². The second-order valence-electron chi connectivity index (χ2n) is 6.31. The summed E-state index contributed by atoms with van der Waals surface area (Å²) in [6, 6.07) is 13.5. The van der Waals surface area contributed by atoms with Crippen LogP contribution in [0.2, 0.25) is 15.1 Å². The summed E-state index contributed by atoms with van der Waals surface area (Å²) < 4.78 is 0. The van der Waals surface area contributed by atoms with Crippen molar-refractivity contribution in [2.24, 2.45) is 0 Å². The maximum absolute atomic E-state index is 9.11. The molecule has 1 aliphatic heterocycles. The number of nitriles is 1. The van der Waals surface area contributed by atoms with Crippen molar-refractivity contribution >= 4 is 40.5 Å². The second kappa shape index (κ2) is 7.85. The number of nitrogens with zero attached hydrogens (tertiary/aromatic N) is 3. The Balaban J connectivity index is 1.98. The van der Waals surface area contributed by atoms with E-state index in [9.17, 15) is 0 Å². The van der Waals surface area contributed by atoms with Gasteiger partial charge in [0, 0.05) is 40.4 Å². The van der Waals surface area contributed by atoms with E-state index < -0.39 is 0 Å². The Morgan fingerprint density at radius 1 is 1.16 bits per heavy atom. The molecule has 25 heavy (non-hydrogen) atoms. The average Bonchev–Trinajstić information content (AvgIpc) is 3.01. The van der Waals surface area contributed by atoms with Crippen molar-refractivity contribution < 1.29 is 0 Å². The van der Waals surface area contributed by atoms with Crippen LogP contribution >= 0.6 is 34.8 Å². The van der Waals surface area contributed by atoms with Crippen molar-refractivity contribution in [2.75, 3.05) is 25.0 Å². The molecule has 1 atom stereocenters. The molecule has 0 aliphatic carbocycles. The molecule has 1 heterocycles. The van der Waals surface area contributed by atoms with E-state index in [1.165, 1.54) is 0 Å². The average molecular weight is 395 g/mol. The maximum atomic E-state index is 9.11. The largest absolute Gasteiger partial charge is 0.363 e. The number of anilines is 1. The zero-order chi connectivity index (χ0) is 18.0. The van der Waals surface area contributed by atoms with Gasteiger partial charge in [0.05, 0.1) is 10.6 Å². The molecular formula is C19H18Cl3N3. The molecule has 130 valence electrons. The molecule has 2 aromatic rings. The molecular weight excluding hydrogens is 377 g/mol. The lowest BCUT2D eigenvalue weighted by Gasteiger charge is -2.32. The molecule has 3 nitrogen and oxygen atoms in total. The highest BCUT2D eigenvalue weighted by Gasteiger charge is 2.27. The lowest BCUT2D eigenvalue weighted by atomic mass is 10.1. The number of halogens is 3. The molecule has 6 heteroatoms. The van der Waals surface area contributed by atoms with Crippen LogP contribution in [0, 0.1) is 11.3 Å². The van der Waals surface area contributed by atoms with Crippen molar-refractivity contribution in [2.45, 2.75) is 19.0 Å². The van der Waals surface area contributed by atoms with Gasteiger partial charge >= 0.3 is 0 Å². The molecule has 3 rings (SSSR count). The summed E-state index contributed by atoms with van der Waals surface area (Å²) in [6.45, 7) is 2.60. The van der Waals surface area contributed by atoms with Crippen molar-refractivity contribution in [1.82, 2.24) is 4.90 Å².